The van der Waals surface area contributed by atoms with Crippen LogP contribution in [0.1, 0.15) is 6.92 Å². The van der Waals surface area contributed by atoms with Gasteiger partial charge in [-0.3, -0.25) is 4.79 Å². The molecule has 0 saturated carbocycles. The largest absolute Gasteiger partial charge is 0.371 e. The molecular weight excluding hydrogens is 221 g/mol. The molecule has 0 radical (unpaired) electrons. The van der Waals surface area contributed by atoms with Gasteiger partial charge in [0.2, 0.25) is 5.91 Å². The first-order valence-electron chi connectivity index (χ1n) is 4.58. The number of benzene rings is 1. The van der Waals surface area contributed by atoms with Crippen molar-refractivity contribution in [2.45, 2.75) is 13.0 Å². The molecule has 2 N–H and O–H groups in total. The molecule has 0 fully saturated rings. The number of hydrogen-bond donors (Lipinski definition) is 2. The molecule has 1 atom stereocenters. The fraction of sp³-hybridized carbons (Fsp3) is 0.300. The van der Waals surface area contributed by atoms with Crippen molar-refractivity contribution in [1.29, 1.82) is 0 Å². The van der Waals surface area contributed by atoms with Crippen molar-refractivity contribution in [3.63, 3.8) is 0 Å². The van der Waals surface area contributed by atoms with Crippen LogP contribution in [0.2, 0.25) is 0 Å². The lowest BCUT2D eigenvalue weighted by molar-refractivity contribution is -0.121. The summed E-state index contributed by atoms with van der Waals surface area (Å²) in [5.74, 6) is -3.78. The minimum Gasteiger partial charge on any atom is -0.371 e. The molecule has 1 unspecified atom stereocenters. The Morgan fingerprint density at radius 3 is 2.31 bits per heavy atom. The molecule has 3 nitrogen and oxygen atoms in total. The lowest BCUT2D eigenvalue weighted by atomic mass is 10.2. The fourth-order valence-corrected chi connectivity index (χ4v) is 1.15. The summed E-state index contributed by atoms with van der Waals surface area (Å²) in [6, 6.07) is 0.350. The van der Waals surface area contributed by atoms with Gasteiger partial charge in [-0.1, -0.05) is 0 Å². The molecule has 0 aromatic heterocycles. The smallest absolute Gasteiger partial charge is 0.241 e. The van der Waals surface area contributed by atoms with Crippen LogP contribution in [0.3, 0.4) is 0 Å². The van der Waals surface area contributed by atoms with Gasteiger partial charge in [-0.15, -0.1) is 0 Å². The zero-order valence-electron chi connectivity index (χ0n) is 8.77. The van der Waals surface area contributed by atoms with Crippen molar-refractivity contribution >= 4 is 11.6 Å². The molecule has 0 saturated heterocycles. The summed E-state index contributed by atoms with van der Waals surface area (Å²) in [5.41, 5.74) is -0.255. The molecule has 6 heteroatoms. The molecule has 1 aromatic rings. The van der Waals surface area contributed by atoms with E-state index >= 15 is 0 Å². The maximum atomic E-state index is 13.2. The Balaban J connectivity index is 2.89. The van der Waals surface area contributed by atoms with E-state index in [-0.39, 0.29) is 11.6 Å². The molecule has 0 aliphatic heterocycles. The Morgan fingerprint density at radius 2 is 1.75 bits per heavy atom. The fourth-order valence-electron chi connectivity index (χ4n) is 1.15. The van der Waals surface area contributed by atoms with Crippen molar-refractivity contribution in [1.82, 2.24) is 5.32 Å². The van der Waals surface area contributed by atoms with Crippen LogP contribution in [0, 0.1) is 17.5 Å². The highest BCUT2D eigenvalue weighted by Gasteiger charge is 2.15. The van der Waals surface area contributed by atoms with Gasteiger partial charge in [-0.05, 0) is 6.92 Å². The summed E-state index contributed by atoms with van der Waals surface area (Å²) in [4.78, 5) is 11.1. The maximum Gasteiger partial charge on any atom is 0.241 e. The Hall–Kier alpha value is -1.72. The van der Waals surface area contributed by atoms with Crippen molar-refractivity contribution in [3.05, 3.63) is 29.6 Å². The summed E-state index contributed by atoms with van der Waals surface area (Å²) in [5, 5.41) is 4.77. The number of carbonyl (C=O) groups is 1. The third-order valence-corrected chi connectivity index (χ3v) is 2.02. The quantitative estimate of drug-likeness (QED) is 0.778. The molecule has 88 valence electrons. The first kappa shape index (κ1) is 12.4. The monoisotopic (exact) mass is 232 g/mol. The second-order valence-electron chi connectivity index (χ2n) is 3.23. The van der Waals surface area contributed by atoms with Gasteiger partial charge < -0.3 is 10.6 Å². The zero-order valence-corrected chi connectivity index (χ0v) is 8.77. The molecule has 0 heterocycles. The third kappa shape index (κ3) is 2.65. The van der Waals surface area contributed by atoms with Crippen LogP contribution in [0.15, 0.2) is 12.1 Å². The summed E-state index contributed by atoms with van der Waals surface area (Å²) >= 11 is 0. The highest BCUT2D eigenvalue weighted by Crippen LogP contribution is 2.19. The Labute approximate surface area is 90.6 Å². The number of carbonyl (C=O) groups excluding carboxylic acids is 1. The van der Waals surface area contributed by atoms with Gasteiger partial charge in [0.25, 0.3) is 0 Å². The Morgan fingerprint density at radius 1 is 1.19 bits per heavy atom. The second-order valence-corrected chi connectivity index (χ2v) is 3.23. The lowest BCUT2D eigenvalue weighted by Crippen LogP contribution is -2.35. The summed E-state index contributed by atoms with van der Waals surface area (Å²) < 4.78 is 38.6. The number of rotatable bonds is 3. The van der Waals surface area contributed by atoms with Crippen LogP contribution in [-0.4, -0.2) is 19.0 Å². The van der Waals surface area contributed by atoms with E-state index in [2.05, 4.69) is 10.6 Å². The number of halogens is 3. The second kappa shape index (κ2) is 4.87. The van der Waals surface area contributed by atoms with Crippen LogP contribution in [0.4, 0.5) is 18.9 Å². The zero-order chi connectivity index (χ0) is 12.3. The van der Waals surface area contributed by atoms with Crippen LogP contribution < -0.4 is 10.6 Å². The molecule has 0 spiro atoms. The number of nitrogens with one attached hydrogen (secondary N) is 2. The van der Waals surface area contributed by atoms with E-state index < -0.39 is 23.5 Å². The summed E-state index contributed by atoms with van der Waals surface area (Å²) in [6.45, 7) is 1.47. The van der Waals surface area contributed by atoms with Crippen molar-refractivity contribution in [2.24, 2.45) is 0 Å². The average molecular weight is 232 g/mol. The van der Waals surface area contributed by atoms with E-state index in [1.807, 2.05) is 0 Å². The van der Waals surface area contributed by atoms with Gasteiger partial charge in [0.1, 0.15) is 11.9 Å². The van der Waals surface area contributed by atoms with Gasteiger partial charge in [0, 0.05) is 19.2 Å². The van der Waals surface area contributed by atoms with E-state index in [1.54, 1.807) is 0 Å². The Kier molecular flexibility index (Phi) is 3.76. The summed E-state index contributed by atoms with van der Waals surface area (Å²) in [7, 11) is 1.42. The predicted molar refractivity (Wildman–Crippen MR) is 53.5 cm³/mol. The van der Waals surface area contributed by atoms with E-state index in [0.29, 0.717) is 12.1 Å². The highest BCUT2D eigenvalue weighted by molar-refractivity contribution is 5.83. The molecule has 1 aromatic carbocycles. The average Bonchev–Trinajstić information content (AvgIpc) is 2.24. The maximum absolute atomic E-state index is 13.2. The van der Waals surface area contributed by atoms with Gasteiger partial charge >= 0.3 is 0 Å². The molecule has 1 rings (SSSR count). The van der Waals surface area contributed by atoms with E-state index in [9.17, 15) is 18.0 Å². The molecule has 0 bridgehead atoms. The van der Waals surface area contributed by atoms with Crippen LogP contribution in [0.5, 0.6) is 0 Å². The number of anilines is 1. The van der Waals surface area contributed by atoms with Crippen LogP contribution in [-0.2, 0) is 4.79 Å². The van der Waals surface area contributed by atoms with Crippen LogP contribution in [0.25, 0.3) is 0 Å². The SMILES string of the molecule is CNC(=O)C(C)Nc1cc(F)c(F)cc1F. The molecule has 0 aliphatic rings. The van der Waals surface area contributed by atoms with E-state index in [0.717, 1.165) is 0 Å². The topological polar surface area (TPSA) is 41.1 Å². The molecule has 1 amide bonds. The van der Waals surface area contributed by atoms with Crippen molar-refractivity contribution < 1.29 is 18.0 Å². The summed E-state index contributed by atoms with van der Waals surface area (Å²) in [6.07, 6.45) is 0. The van der Waals surface area contributed by atoms with E-state index in [1.165, 1.54) is 14.0 Å². The number of hydrogen-bond acceptors (Lipinski definition) is 2. The molecule has 0 aliphatic carbocycles. The standard InChI is InChI=1S/C10H11F3N2O/c1-5(10(16)14-2)15-9-4-7(12)6(11)3-8(9)13/h3-5,15H,1-2H3,(H,14,16). The highest BCUT2D eigenvalue weighted by atomic mass is 19.2. The first-order chi connectivity index (χ1) is 7.45. The Bertz CT molecular complexity index is 409. The molecular formula is C10H11F3N2O. The van der Waals surface area contributed by atoms with Crippen molar-refractivity contribution in [3.8, 4) is 0 Å². The minimum atomic E-state index is -1.27. The number of amides is 1. The van der Waals surface area contributed by atoms with Gasteiger partial charge in [-0.2, -0.15) is 0 Å². The van der Waals surface area contributed by atoms with Gasteiger partial charge in [-0.25, -0.2) is 13.2 Å². The van der Waals surface area contributed by atoms with Gasteiger partial charge in [0.15, 0.2) is 11.6 Å². The molecule has 16 heavy (non-hydrogen) atoms. The van der Waals surface area contributed by atoms with E-state index in [4.69, 9.17) is 0 Å². The van der Waals surface area contributed by atoms with Crippen LogP contribution >= 0.6 is 0 Å². The lowest BCUT2D eigenvalue weighted by Gasteiger charge is -2.14. The third-order valence-electron chi connectivity index (χ3n) is 2.02. The predicted octanol–water partition coefficient (Wildman–Crippen LogP) is 1.65. The van der Waals surface area contributed by atoms with Gasteiger partial charge in [0.05, 0.1) is 5.69 Å². The first-order valence-corrected chi connectivity index (χ1v) is 4.58. The number of likely N-dealkylation sites (N-methyl/N-ethyl adjacent to an activating group) is 1. The van der Waals surface area contributed by atoms with Crippen molar-refractivity contribution in [2.75, 3.05) is 12.4 Å². The minimum absolute atomic E-state index is 0.255. The normalized spacial score (nSPS) is 12.1.